The van der Waals surface area contributed by atoms with Crippen LogP contribution < -0.4 is 11.3 Å². The summed E-state index contributed by atoms with van der Waals surface area (Å²) < 4.78 is 0. The van der Waals surface area contributed by atoms with E-state index in [9.17, 15) is 0 Å². The summed E-state index contributed by atoms with van der Waals surface area (Å²) in [5, 5.41) is 1.20. The van der Waals surface area contributed by atoms with Gasteiger partial charge in [-0.3, -0.25) is 16.3 Å². The first-order chi connectivity index (χ1) is 8.72. The van der Waals surface area contributed by atoms with Crippen molar-refractivity contribution in [3.63, 3.8) is 0 Å². The van der Waals surface area contributed by atoms with Gasteiger partial charge in [0, 0.05) is 33.9 Å². The molecular formula is C13H13Cl2N3. The highest BCUT2D eigenvalue weighted by Gasteiger charge is 2.17. The number of benzene rings is 1. The molecule has 0 aliphatic carbocycles. The average Bonchev–Trinajstić information content (AvgIpc) is 2.38. The van der Waals surface area contributed by atoms with Crippen LogP contribution in [0.5, 0.6) is 0 Å². The normalized spacial score (nSPS) is 12.4. The van der Waals surface area contributed by atoms with Crippen molar-refractivity contribution in [2.75, 3.05) is 0 Å². The van der Waals surface area contributed by atoms with Crippen LogP contribution in [0.4, 0.5) is 0 Å². The van der Waals surface area contributed by atoms with Crippen LogP contribution in [0.15, 0.2) is 42.6 Å². The Kier molecular flexibility index (Phi) is 4.55. The van der Waals surface area contributed by atoms with Gasteiger partial charge in [0.05, 0.1) is 6.04 Å². The third kappa shape index (κ3) is 3.00. The first kappa shape index (κ1) is 13.3. The molecule has 0 fully saturated rings. The summed E-state index contributed by atoms with van der Waals surface area (Å²) in [5.74, 6) is 5.60. The average molecular weight is 282 g/mol. The summed E-state index contributed by atoms with van der Waals surface area (Å²) in [6.07, 6.45) is 2.37. The Morgan fingerprint density at radius 2 is 1.83 bits per heavy atom. The zero-order valence-corrected chi connectivity index (χ0v) is 11.1. The van der Waals surface area contributed by atoms with Crippen molar-refractivity contribution in [3.8, 4) is 0 Å². The van der Waals surface area contributed by atoms with Crippen LogP contribution >= 0.6 is 23.2 Å². The van der Waals surface area contributed by atoms with Gasteiger partial charge >= 0.3 is 0 Å². The van der Waals surface area contributed by atoms with E-state index in [1.807, 2.05) is 24.3 Å². The van der Waals surface area contributed by atoms with Gasteiger partial charge < -0.3 is 0 Å². The molecule has 0 saturated heterocycles. The monoisotopic (exact) mass is 281 g/mol. The molecule has 1 aromatic carbocycles. The van der Waals surface area contributed by atoms with E-state index in [2.05, 4.69) is 10.4 Å². The number of rotatable bonds is 4. The van der Waals surface area contributed by atoms with Crippen molar-refractivity contribution in [1.82, 2.24) is 10.4 Å². The number of aromatic nitrogens is 1. The summed E-state index contributed by atoms with van der Waals surface area (Å²) in [4.78, 5) is 4.27. The summed E-state index contributed by atoms with van der Waals surface area (Å²) in [6, 6.07) is 11.0. The largest absolute Gasteiger partial charge is 0.271 e. The number of nitrogens with two attached hydrogens (primary N) is 1. The molecule has 18 heavy (non-hydrogen) atoms. The van der Waals surface area contributed by atoms with Gasteiger partial charge in [0.25, 0.3) is 0 Å². The Morgan fingerprint density at radius 3 is 2.39 bits per heavy atom. The van der Waals surface area contributed by atoms with Crippen molar-refractivity contribution in [3.05, 3.63) is 63.9 Å². The second-order valence-corrected chi connectivity index (χ2v) is 4.69. The molecular weight excluding hydrogens is 269 g/mol. The molecule has 0 saturated carbocycles. The Balaban J connectivity index is 2.29. The van der Waals surface area contributed by atoms with Gasteiger partial charge in [-0.2, -0.15) is 0 Å². The SMILES string of the molecule is NNC(Cc1ccccn1)c1c(Cl)cccc1Cl. The summed E-state index contributed by atoms with van der Waals surface area (Å²) in [7, 11) is 0. The van der Waals surface area contributed by atoms with Crippen LogP contribution in [-0.2, 0) is 6.42 Å². The first-order valence-electron chi connectivity index (χ1n) is 5.52. The third-order valence-corrected chi connectivity index (χ3v) is 3.35. The van der Waals surface area contributed by atoms with Crippen LogP contribution in [0.25, 0.3) is 0 Å². The number of pyridine rings is 1. The fourth-order valence-corrected chi connectivity index (χ4v) is 2.48. The minimum atomic E-state index is -0.166. The Labute approximate surface area is 116 Å². The van der Waals surface area contributed by atoms with Gasteiger partial charge in [-0.15, -0.1) is 0 Å². The van der Waals surface area contributed by atoms with Crippen LogP contribution in [0, 0.1) is 0 Å². The highest BCUT2D eigenvalue weighted by molar-refractivity contribution is 6.36. The van der Waals surface area contributed by atoms with Gasteiger partial charge in [0.2, 0.25) is 0 Å². The molecule has 0 radical (unpaired) electrons. The van der Waals surface area contributed by atoms with E-state index in [0.29, 0.717) is 16.5 Å². The molecule has 2 rings (SSSR count). The Morgan fingerprint density at radius 1 is 1.11 bits per heavy atom. The maximum atomic E-state index is 6.17. The van der Waals surface area contributed by atoms with E-state index in [1.165, 1.54) is 0 Å². The van der Waals surface area contributed by atoms with Gasteiger partial charge in [-0.05, 0) is 24.3 Å². The molecule has 3 N–H and O–H groups in total. The molecule has 0 amide bonds. The second kappa shape index (κ2) is 6.16. The third-order valence-electron chi connectivity index (χ3n) is 2.69. The number of hydrogen-bond donors (Lipinski definition) is 2. The van der Waals surface area contributed by atoms with Crippen LogP contribution in [-0.4, -0.2) is 4.98 Å². The van der Waals surface area contributed by atoms with Crippen molar-refractivity contribution in [2.45, 2.75) is 12.5 Å². The van der Waals surface area contributed by atoms with Gasteiger partial charge in [0.15, 0.2) is 0 Å². The van der Waals surface area contributed by atoms with Gasteiger partial charge in [0.1, 0.15) is 0 Å². The smallest absolute Gasteiger partial charge is 0.0544 e. The zero-order chi connectivity index (χ0) is 13.0. The fourth-order valence-electron chi connectivity index (χ4n) is 1.82. The number of nitrogens with one attached hydrogen (secondary N) is 1. The summed E-state index contributed by atoms with van der Waals surface area (Å²) >= 11 is 12.3. The molecule has 0 bridgehead atoms. The molecule has 94 valence electrons. The number of hydrazine groups is 1. The molecule has 3 nitrogen and oxygen atoms in total. The topological polar surface area (TPSA) is 50.9 Å². The lowest BCUT2D eigenvalue weighted by Crippen LogP contribution is -2.30. The molecule has 1 atom stereocenters. The molecule has 0 aliphatic rings. The predicted molar refractivity (Wildman–Crippen MR) is 74.5 cm³/mol. The fraction of sp³-hybridized carbons (Fsp3) is 0.154. The first-order valence-corrected chi connectivity index (χ1v) is 6.28. The van der Waals surface area contributed by atoms with E-state index >= 15 is 0 Å². The zero-order valence-electron chi connectivity index (χ0n) is 9.61. The molecule has 1 aromatic heterocycles. The lowest BCUT2D eigenvalue weighted by Gasteiger charge is -2.18. The minimum absolute atomic E-state index is 0.166. The standard InChI is InChI=1S/C13H13Cl2N3/c14-10-5-3-6-11(15)13(10)12(18-16)8-9-4-1-2-7-17-9/h1-7,12,18H,8,16H2. The highest BCUT2D eigenvalue weighted by Crippen LogP contribution is 2.31. The van der Waals surface area contributed by atoms with E-state index in [4.69, 9.17) is 29.0 Å². The molecule has 1 unspecified atom stereocenters. The van der Waals surface area contributed by atoms with Crippen molar-refractivity contribution >= 4 is 23.2 Å². The quantitative estimate of drug-likeness (QED) is 0.669. The van der Waals surface area contributed by atoms with Crippen molar-refractivity contribution in [1.29, 1.82) is 0 Å². The lowest BCUT2D eigenvalue weighted by atomic mass is 10.0. The Bertz CT molecular complexity index is 497. The lowest BCUT2D eigenvalue weighted by molar-refractivity contribution is 0.546. The molecule has 1 heterocycles. The summed E-state index contributed by atoms with van der Waals surface area (Å²) in [6.45, 7) is 0. The van der Waals surface area contributed by atoms with Crippen LogP contribution in [0.2, 0.25) is 10.0 Å². The predicted octanol–water partition coefficient (Wildman–Crippen LogP) is 3.14. The van der Waals surface area contributed by atoms with E-state index in [0.717, 1.165) is 11.3 Å². The number of hydrogen-bond acceptors (Lipinski definition) is 3. The maximum Gasteiger partial charge on any atom is 0.0544 e. The molecule has 5 heteroatoms. The van der Waals surface area contributed by atoms with E-state index < -0.39 is 0 Å². The Hall–Kier alpha value is -1.13. The second-order valence-electron chi connectivity index (χ2n) is 3.88. The van der Waals surface area contributed by atoms with Gasteiger partial charge in [-0.25, -0.2) is 0 Å². The molecule has 2 aromatic rings. The number of nitrogens with zero attached hydrogens (tertiary/aromatic N) is 1. The van der Waals surface area contributed by atoms with E-state index in [-0.39, 0.29) is 6.04 Å². The van der Waals surface area contributed by atoms with Gasteiger partial charge in [-0.1, -0.05) is 35.3 Å². The van der Waals surface area contributed by atoms with Crippen molar-refractivity contribution in [2.24, 2.45) is 5.84 Å². The van der Waals surface area contributed by atoms with E-state index in [1.54, 1.807) is 18.3 Å². The summed E-state index contributed by atoms with van der Waals surface area (Å²) in [5.41, 5.74) is 4.47. The number of halogens is 2. The molecule has 0 aliphatic heterocycles. The highest BCUT2D eigenvalue weighted by atomic mass is 35.5. The maximum absolute atomic E-state index is 6.17. The van der Waals surface area contributed by atoms with Crippen molar-refractivity contribution < 1.29 is 0 Å². The molecule has 0 spiro atoms. The minimum Gasteiger partial charge on any atom is -0.271 e. The van der Waals surface area contributed by atoms with Crippen LogP contribution in [0.3, 0.4) is 0 Å². The van der Waals surface area contributed by atoms with Crippen LogP contribution in [0.1, 0.15) is 17.3 Å².